The van der Waals surface area contributed by atoms with Gasteiger partial charge < -0.3 is 15.1 Å². The van der Waals surface area contributed by atoms with Gasteiger partial charge in [0.05, 0.1) is 0 Å². The predicted molar refractivity (Wildman–Crippen MR) is 84.8 cm³/mol. The molecule has 2 amide bonds. The first-order valence-corrected chi connectivity index (χ1v) is 7.70. The number of halogens is 3. The maximum Gasteiger partial charge on any atom is 0.471 e. The van der Waals surface area contributed by atoms with Crippen LogP contribution in [-0.4, -0.2) is 49.1 Å². The van der Waals surface area contributed by atoms with Crippen molar-refractivity contribution in [2.24, 2.45) is 5.92 Å². The van der Waals surface area contributed by atoms with Crippen LogP contribution < -0.4 is 10.2 Å². The van der Waals surface area contributed by atoms with Gasteiger partial charge in [0.15, 0.2) is 0 Å². The SMILES string of the molecule is CC(C)C(=O)Nc1ccc(N2CCN(C(=O)C(F)(F)F)CC2)cc1. The van der Waals surface area contributed by atoms with Crippen LogP contribution in [0.25, 0.3) is 0 Å². The highest BCUT2D eigenvalue weighted by Gasteiger charge is 2.43. The average Bonchev–Trinajstić information content (AvgIpc) is 2.54. The van der Waals surface area contributed by atoms with E-state index >= 15 is 0 Å². The molecule has 0 atom stereocenters. The lowest BCUT2D eigenvalue weighted by molar-refractivity contribution is -0.185. The molecule has 8 heteroatoms. The lowest BCUT2D eigenvalue weighted by Gasteiger charge is -2.36. The van der Waals surface area contributed by atoms with Gasteiger partial charge in [-0.2, -0.15) is 13.2 Å². The van der Waals surface area contributed by atoms with E-state index in [2.05, 4.69) is 5.32 Å². The van der Waals surface area contributed by atoms with Crippen LogP contribution in [0.1, 0.15) is 13.8 Å². The van der Waals surface area contributed by atoms with Gasteiger partial charge in [-0.15, -0.1) is 0 Å². The first-order chi connectivity index (χ1) is 11.2. The number of anilines is 2. The van der Waals surface area contributed by atoms with Crippen molar-refractivity contribution >= 4 is 23.2 Å². The maximum atomic E-state index is 12.4. The third kappa shape index (κ3) is 4.39. The van der Waals surface area contributed by atoms with E-state index < -0.39 is 12.1 Å². The molecule has 132 valence electrons. The molecule has 0 bridgehead atoms. The fourth-order valence-electron chi connectivity index (χ4n) is 2.39. The molecule has 0 saturated carbocycles. The van der Waals surface area contributed by atoms with E-state index in [1.165, 1.54) is 0 Å². The number of alkyl halides is 3. The van der Waals surface area contributed by atoms with Crippen molar-refractivity contribution in [3.05, 3.63) is 24.3 Å². The number of piperazine rings is 1. The van der Waals surface area contributed by atoms with Crippen LogP contribution in [0.5, 0.6) is 0 Å². The van der Waals surface area contributed by atoms with Gasteiger partial charge in [-0.05, 0) is 24.3 Å². The Labute approximate surface area is 138 Å². The Balaban J connectivity index is 1.93. The van der Waals surface area contributed by atoms with E-state index in [1.807, 2.05) is 4.90 Å². The number of amides is 2. The minimum Gasteiger partial charge on any atom is -0.368 e. The van der Waals surface area contributed by atoms with Gasteiger partial charge in [0.2, 0.25) is 5.91 Å². The molecule has 1 aliphatic heterocycles. The quantitative estimate of drug-likeness (QED) is 0.917. The fraction of sp³-hybridized carbons (Fsp3) is 0.500. The second-order valence-corrected chi connectivity index (χ2v) is 5.97. The van der Waals surface area contributed by atoms with Gasteiger partial charge in [-0.3, -0.25) is 9.59 Å². The van der Waals surface area contributed by atoms with Crippen molar-refractivity contribution in [1.29, 1.82) is 0 Å². The molecule has 0 spiro atoms. The molecule has 1 N–H and O–H groups in total. The van der Waals surface area contributed by atoms with Gasteiger partial charge in [0, 0.05) is 43.5 Å². The smallest absolute Gasteiger partial charge is 0.368 e. The molecule has 0 unspecified atom stereocenters. The summed E-state index contributed by atoms with van der Waals surface area (Å²) in [7, 11) is 0. The summed E-state index contributed by atoms with van der Waals surface area (Å²) in [4.78, 5) is 25.6. The van der Waals surface area contributed by atoms with Crippen LogP contribution in [0.3, 0.4) is 0 Å². The molecule has 1 aromatic carbocycles. The number of nitrogens with one attached hydrogen (secondary N) is 1. The number of carbonyl (C=O) groups excluding carboxylic acids is 2. The van der Waals surface area contributed by atoms with E-state index in [0.29, 0.717) is 18.8 Å². The average molecular weight is 343 g/mol. The van der Waals surface area contributed by atoms with Gasteiger partial charge in [-0.1, -0.05) is 13.8 Å². The molecule has 24 heavy (non-hydrogen) atoms. The summed E-state index contributed by atoms with van der Waals surface area (Å²) >= 11 is 0. The first-order valence-electron chi connectivity index (χ1n) is 7.70. The van der Waals surface area contributed by atoms with Gasteiger partial charge in [-0.25, -0.2) is 0 Å². The Morgan fingerprint density at radius 2 is 1.58 bits per heavy atom. The number of rotatable bonds is 3. The zero-order valence-corrected chi connectivity index (χ0v) is 13.6. The van der Waals surface area contributed by atoms with Crippen LogP contribution in [0.15, 0.2) is 24.3 Å². The Bertz CT molecular complexity index is 592. The third-order valence-corrected chi connectivity index (χ3v) is 3.83. The van der Waals surface area contributed by atoms with Gasteiger partial charge >= 0.3 is 12.1 Å². The molecule has 1 heterocycles. The van der Waals surface area contributed by atoms with Crippen LogP contribution in [0.4, 0.5) is 24.5 Å². The molecular weight excluding hydrogens is 323 g/mol. The molecule has 1 aliphatic rings. The Kier molecular flexibility index (Phi) is 5.36. The number of hydrogen-bond acceptors (Lipinski definition) is 3. The van der Waals surface area contributed by atoms with E-state index in [1.54, 1.807) is 38.1 Å². The lowest BCUT2D eigenvalue weighted by Crippen LogP contribution is -2.52. The Hall–Kier alpha value is -2.25. The summed E-state index contributed by atoms with van der Waals surface area (Å²) in [5.74, 6) is -1.99. The fourth-order valence-corrected chi connectivity index (χ4v) is 2.39. The van der Waals surface area contributed by atoms with E-state index in [9.17, 15) is 22.8 Å². The van der Waals surface area contributed by atoms with Crippen LogP contribution in [-0.2, 0) is 9.59 Å². The molecule has 0 aliphatic carbocycles. The number of carbonyl (C=O) groups is 2. The topological polar surface area (TPSA) is 52.7 Å². The maximum absolute atomic E-state index is 12.4. The Morgan fingerprint density at radius 3 is 2.04 bits per heavy atom. The molecule has 1 aromatic rings. The monoisotopic (exact) mass is 343 g/mol. The standard InChI is InChI=1S/C16H20F3N3O2/c1-11(2)14(23)20-12-3-5-13(6-4-12)21-7-9-22(10-8-21)15(24)16(17,18)19/h3-6,11H,7-10H2,1-2H3,(H,20,23). The Morgan fingerprint density at radius 1 is 1.04 bits per heavy atom. The first kappa shape index (κ1) is 18.1. The molecule has 1 fully saturated rings. The highest BCUT2D eigenvalue weighted by atomic mass is 19.4. The number of nitrogens with zero attached hydrogens (tertiary/aromatic N) is 2. The summed E-state index contributed by atoms with van der Waals surface area (Å²) in [5.41, 5.74) is 1.51. The van der Waals surface area contributed by atoms with Gasteiger partial charge in [0.25, 0.3) is 0 Å². The highest BCUT2D eigenvalue weighted by molar-refractivity contribution is 5.92. The summed E-state index contributed by atoms with van der Waals surface area (Å²) in [6, 6.07) is 7.11. The summed E-state index contributed by atoms with van der Waals surface area (Å²) in [5, 5.41) is 2.77. The van der Waals surface area contributed by atoms with E-state index in [4.69, 9.17) is 0 Å². The van der Waals surface area contributed by atoms with E-state index in [-0.39, 0.29) is 24.9 Å². The zero-order chi connectivity index (χ0) is 17.9. The van der Waals surface area contributed by atoms with Crippen LogP contribution >= 0.6 is 0 Å². The largest absolute Gasteiger partial charge is 0.471 e. The molecule has 1 saturated heterocycles. The van der Waals surface area contributed by atoms with Crippen molar-refractivity contribution in [2.75, 3.05) is 36.4 Å². The summed E-state index contributed by atoms with van der Waals surface area (Å²) in [6.07, 6.45) is -4.82. The second-order valence-electron chi connectivity index (χ2n) is 5.97. The van der Waals surface area contributed by atoms with Crippen molar-refractivity contribution in [3.63, 3.8) is 0 Å². The summed E-state index contributed by atoms with van der Waals surface area (Å²) in [6.45, 7) is 4.32. The van der Waals surface area contributed by atoms with Crippen molar-refractivity contribution in [2.45, 2.75) is 20.0 Å². The minimum atomic E-state index is -4.82. The minimum absolute atomic E-state index is 0.0319. The number of benzene rings is 1. The second kappa shape index (κ2) is 7.11. The molecular formula is C16H20F3N3O2. The molecule has 2 rings (SSSR count). The molecule has 5 nitrogen and oxygen atoms in total. The van der Waals surface area contributed by atoms with Crippen molar-refractivity contribution in [1.82, 2.24) is 4.90 Å². The van der Waals surface area contributed by atoms with Crippen molar-refractivity contribution < 1.29 is 22.8 Å². The van der Waals surface area contributed by atoms with Crippen molar-refractivity contribution in [3.8, 4) is 0 Å². The van der Waals surface area contributed by atoms with E-state index in [0.717, 1.165) is 10.6 Å². The highest BCUT2D eigenvalue weighted by Crippen LogP contribution is 2.23. The molecule has 0 radical (unpaired) electrons. The van der Waals surface area contributed by atoms with Gasteiger partial charge in [0.1, 0.15) is 0 Å². The third-order valence-electron chi connectivity index (χ3n) is 3.83. The van der Waals surface area contributed by atoms with Crippen LogP contribution in [0.2, 0.25) is 0 Å². The zero-order valence-electron chi connectivity index (χ0n) is 13.6. The predicted octanol–water partition coefficient (Wildman–Crippen LogP) is 2.49. The normalized spacial score (nSPS) is 15.6. The lowest BCUT2D eigenvalue weighted by atomic mass is 10.2. The van der Waals surface area contributed by atoms with Crippen LogP contribution in [0, 0.1) is 5.92 Å². The molecule has 0 aromatic heterocycles. The summed E-state index contributed by atoms with van der Waals surface area (Å²) < 4.78 is 37.3. The number of hydrogen-bond donors (Lipinski definition) is 1.